The molecule has 1 heterocycles. The molecule has 34 heavy (non-hydrogen) atoms. The van der Waals surface area contributed by atoms with E-state index in [1.54, 1.807) is 6.92 Å². The summed E-state index contributed by atoms with van der Waals surface area (Å²) >= 11 is 1.26. The molecule has 0 radical (unpaired) electrons. The predicted octanol–water partition coefficient (Wildman–Crippen LogP) is 6.09. The Morgan fingerprint density at radius 1 is 0.853 bits per heavy atom. The summed E-state index contributed by atoms with van der Waals surface area (Å²) in [4.78, 5) is 16.6. The fraction of sp³-hybridized carbons (Fsp3) is 0.185. The lowest BCUT2D eigenvalue weighted by molar-refractivity contribution is 0.0532. The van der Waals surface area contributed by atoms with Crippen molar-refractivity contribution in [3.8, 4) is 11.5 Å². The van der Waals surface area contributed by atoms with Gasteiger partial charge in [0.05, 0.1) is 12.8 Å². The number of hydrogen-bond acceptors (Lipinski definition) is 7. The van der Waals surface area contributed by atoms with E-state index in [2.05, 4.69) is 10.3 Å². The van der Waals surface area contributed by atoms with Crippen LogP contribution in [0.25, 0.3) is 0 Å². The molecule has 174 valence electrons. The number of rotatable bonds is 11. The summed E-state index contributed by atoms with van der Waals surface area (Å²) < 4.78 is 17.1. The molecule has 1 N–H and O–H groups in total. The number of hydrogen-bond donors (Lipinski definition) is 1. The SMILES string of the molecule is CCOC(=O)c1cnc(NCc2cc(OCc3ccccc3)cc(OCc3ccccc3)c2)s1. The van der Waals surface area contributed by atoms with Gasteiger partial charge in [0.25, 0.3) is 0 Å². The monoisotopic (exact) mass is 474 g/mol. The van der Waals surface area contributed by atoms with E-state index in [-0.39, 0.29) is 5.97 Å². The average Bonchev–Trinajstić information content (AvgIpc) is 3.36. The molecular formula is C27H26N2O4S. The van der Waals surface area contributed by atoms with Crippen LogP contribution < -0.4 is 14.8 Å². The summed E-state index contributed by atoms with van der Waals surface area (Å²) in [5, 5.41) is 3.91. The Bertz CT molecular complexity index is 1130. The molecule has 4 rings (SSSR count). The van der Waals surface area contributed by atoms with Crippen LogP contribution >= 0.6 is 11.3 Å². The summed E-state index contributed by atoms with van der Waals surface area (Å²) in [5.74, 6) is 1.08. The molecule has 0 spiro atoms. The Balaban J connectivity index is 1.46. The van der Waals surface area contributed by atoms with Crippen LogP contribution in [-0.2, 0) is 24.5 Å². The van der Waals surface area contributed by atoms with Gasteiger partial charge >= 0.3 is 5.97 Å². The molecule has 6 nitrogen and oxygen atoms in total. The fourth-order valence-corrected chi connectivity index (χ4v) is 3.92. The van der Waals surface area contributed by atoms with Crippen molar-refractivity contribution in [1.82, 2.24) is 4.98 Å². The van der Waals surface area contributed by atoms with E-state index in [0.717, 1.165) is 28.2 Å². The fourth-order valence-electron chi connectivity index (χ4n) is 3.21. The van der Waals surface area contributed by atoms with Gasteiger partial charge in [0.15, 0.2) is 5.13 Å². The van der Waals surface area contributed by atoms with Gasteiger partial charge in [-0.15, -0.1) is 0 Å². The van der Waals surface area contributed by atoms with E-state index < -0.39 is 0 Å². The van der Waals surface area contributed by atoms with Crippen LogP contribution in [0.2, 0.25) is 0 Å². The number of carbonyl (C=O) groups excluding carboxylic acids is 1. The van der Waals surface area contributed by atoms with Crippen LogP contribution in [0, 0.1) is 0 Å². The molecule has 4 aromatic rings. The summed E-state index contributed by atoms with van der Waals surface area (Å²) in [7, 11) is 0. The molecule has 0 aliphatic heterocycles. The largest absolute Gasteiger partial charge is 0.489 e. The van der Waals surface area contributed by atoms with Gasteiger partial charge in [0, 0.05) is 12.6 Å². The van der Waals surface area contributed by atoms with Crippen LogP contribution in [0.15, 0.2) is 85.1 Å². The maximum absolute atomic E-state index is 11.9. The number of anilines is 1. The summed E-state index contributed by atoms with van der Waals surface area (Å²) in [6, 6.07) is 25.9. The molecule has 3 aromatic carbocycles. The maximum atomic E-state index is 11.9. The molecular weight excluding hydrogens is 448 g/mol. The first kappa shape index (κ1) is 23.3. The standard InChI is InChI=1S/C27H26N2O4S/c1-2-31-26(30)25-17-29-27(34-25)28-16-22-13-23(32-18-20-9-5-3-6-10-20)15-24(14-22)33-19-21-11-7-4-8-12-21/h3-15,17H,2,16,18-19H2,1H3,(H,28,29). The number of nitrogens with zero attached hydrogens (tertiary/aromatic N) is 1. The van der Waals surface area contributed by atoms with Crippen molar-refractivity contribution in [2.45, 2.75) is 26.7 Å². The van der Waals surface area contributed by atoms with Gasteiger partial charge in [-0.05, 0) is 35.7 Å². The van der Waals surface area contributed by atoms with Crippen LogP contribution in [0.3, 0.4) is 0 Å². The summed E-state index contributed by atoms with van der Waals surface area (Å²) in [5.41, 5.74) is 3.15. The lowest BCUT2D eigenvalue weighted by Gasteiger charge is -2.13. The second-order valence-electron chi connectivity index (χ2n) is 7.46. The molecule has 0 fully saturated rings. The molecule has 0 saturated carbocycles. The molecule has 1 aromatic heterocycles. The zero-order chi connectivity index (χ0) is 23.6. The highest BCUT2D eigenvalue weighted by molar-refractivity contribution is 7.17. The topological polar surface area (TPSA) is 69.7 Å². The predicted molar refractivity (Wildman–Crippen MR) is 133 cm³/mol. The molecule has 0 unspecified atom stereocenters. The van der Waals surface area contributed by atoms with Crippen molar-refractivity contribution in [2.24, 2.45) is 0 Å². The smallest absolute Gasteiger partial charge is 0.350 e. The van der Waals surface area contributed by atoms with Gasteiger partial charge in [-0.1, -0.05) is 72.0 Å². The third-order valence-corrected chi connectivity index (χ3v) is 5.80. The van der Waals surface area contributed by atoms with Gasteiger partial charge in [-0.2, -0.15) is 0 Å². The van der Waals surface area contributed by atoms with Gasteiger partial charge in [-0.25, -0.2) is 9.78 Å². The normalized spacial score (nSPS) is 10.5. The molecule has 7 heteroatoms. The number of thiazole rings is 1. The third kappa shape index (κ3) is 6.83. The van der Waals surface area contributed by atoms with Crippen LogP contribution in [-0.4, -0.2) is 17.6 Å². The van der Waals surface area contributed by atoms with Gasteiger partial charge < -0.3 is 19.5 Å². The highest BCUT2D eigenvalue weighted by Gasteiger charge is 2.12. The van der Waals surface area contributed by atoms with E-state index >= 15 is 0 Å². The van der Waals surface area contributed by atoms with Crippen molar-refractivity contribution in [3.63, 3.8) is 0 Å². The zero-order valence-corrected chi connectivity index (χ0v) is 19.7. The Labute approximate surface area is 203 Å². The number of carbonyl (C=O) groups is 1. The van der Waals surface area contributed by atoms with Crippen molar-refractivity contribution < 1.29 is 19.0 Å². The van der Waals surface area contributed by atoms with E-state index in [1.807, 2.05) is 78.9 Å². The number of nitrogens with one attached hydrogen (secondary N) is 1. The molecule has 0 amide bonds. The minimum absolute atomic E-state index is 0.334. The van der Waals surface area contributed by atoms with Crippen LogP contribution in [0.5, 0.6) is 11.5 Å². The van der Waals surface area contributed by atoms with Crippen molar-refractivity contribution in [1.29, 1.82) is 0 Å². The summed E-state index contributed by atoms with van der Waals surface area (Å²) in [6.07, 6.45) is 1.53. The van der Waals surface area contributed by atoms with E-state index in [9.17, 15) is 4.79 Å². The highest BCUT2D eigenvalue weighted by atomic mass is 32.1. The molecule has 0 aliphatic rings. The number of ether oxygens (including phenoxy) is 3. The number of aromatic nitrogens is 1. The van der Waals surface area contributed by atoms with Crippen molar-refractivity contribution in [3.05, 3.63) is 107 Å². The molecule has 0 bridgehead atoms. The first-order valence-electron chi connectivity index (χ1n) is 11.0. The Morgan fingerprint density at radius 2 is 1.44 bits per heavy atom. The van der Waals surface area contributed by atoms with Crippen LogP contribution in [0.1, 0.15) is 33.3 Å². The second kappa shape index (κ2) is 11.9. The van der Waals surface area contributed by atoms with Crippen LogP contribution in [0.4, 0.5) is 5.13 Å². The quantitative estimate of drug-likeness (QED) is 0.265. The van der Waals surface area contributed by atoms with Crippen molar-refractivity contribution in [2.75, 3.05) is 11.9 Å². The minimum Gasteiger partial charge on any atom is -0.489 e. The minimum atomic E-state index is -0.360. The maximum Gasteiger partial charge on any atom is 0.350 e. The Kier molecular flexibility index (Phi) is 8.13. The molecule has 0 atom stereocenters. The van der Waals surface area contributed by atoms with E-state index in [4.69, 9.17) is 14.2 Å². The Hall–Kier alpha value is -3.84. The number of esters is 1. The summed E-state index contributed by atoms with van der Waals surface area (Å²) in [6.45, 7) is 3.54. The third-order valence-electron chi connectivity index (χ3n) is 4.86. The lowest BCUT2D eigenvalue weighted by atomic mass is 10.2. The van der Waals surface area contributed by atoms with Gasteiger partial charge in [-0.3, -0.25) is 0 Å². The first-order chi connectivity index (χ1) is 16.7. The van der Waals surface area contributed by atoms with Gasteiger partial charge in [0.1, 0.15) is 29.6 Å². The zero-order valence-electron chi connectivity index (χ0n) is 18.9. The second-order valence-corrected chi connectivity index (χ2v) is 8.50. The highest BCUT2D eigenvalue weighted by Crippen LogP contribution is 2.26. The first-order valence-corrected chi connectivity index (χ1v) is 11.9. The van der Waals surface area contributed by atoms with E-state index in [1.165, 1.54) is 17.5 Å². The molecule has 0 saturated heterocycles. The van der Waals surface area contributed by atoms with Gasteiger partial charge in [0.2, 0.25) is 0 Å². The average molecular weight is 475 g/mol. The lowest BCUT2D eigenvalue weighted by Crippen LogP contribution is -2.03. The van der Waals surface area contributed by atoms with Crippen molar-refractivity contribution >= 4 is 22.4 Å². The number of benzene rings is 3. The Morgan fingerprint density at radius 3 is 2.00 bits per heavy atom. The van der Waals surface area contributed by atoms with E-state index in [0.29, 0.717) is 36.4 Å². The molecule has 0 aliphatic carbocycles.